The Labute approximate surface area is 166 Å². The van der Waals surface area contributed by atoms with E-state index in [1.807, 2.05) is 30.3 Å². The van der Waals surface area contributed by atoms with Crippen LogP contribution in [0.2, 0.25) is 0 Å². The second-order valence-corrected chi connectivity index (χ2v) is 6.79. The Kier molecular flexibility index (Phi) is 5.24. The Hall–Kier alpha value is -3.68. The molecule has 2 amide bonds. The summed E-state index contributed by atoms with van der Waals surface area (Å²) in [6.07, 6.45) is 1.71. The van der Waals surface area contributed by atoms with Crippen LogP contribution >= 0.6 is 0 Å². The predicted octanol–water partition coefficient (Wildman–Crippen LogP) is 1.67. The molecule has 3 aromatic rings. The molecular formula is C21H20N4O4. The number of hydrogen-bond donors (Lipinski definition) is 1. The molecule has 0 radical (unpaired) electrons. The number of para-hydroxylation sites is 1. The van der Waals surface area contributed by atoms with Crippen LogP contribution in [-0.2, 0) is 16.1 Å². The van der Waals surface area contributed by atoms with Crippen molar-refractivity contribution in [2.45, 2.75) is 13.0 Å². The summed E-state index contributed by atoms with van der Waals surface area (Å²) >= 11 is 0. The lowest BCUT2D eigenvalue weighted by Crippen LogP contribution is -2.36. The monoisotopic (exact) mass is 392 g/mol. The normalized spacial score (nSPS) is 16.2. The van der Waals surface area contributed by atoms with Crippen LogP contribution in [0.25, 0.3) is 11.5 Å². The van der Waals surface area contributed by atoms with Gasteiger partial charge in [0.25, 0.3) is 5.56 Å². The van der Waals surface area contributed by atoms with Gasteiger partial charge in [0.2, 0.25) is 11.8 Å². The van der Waals surface area contributed by atoms with Gasteiger partial charge in [-0.1, -0.05) is 18.2 Å². The van der Waals surface area contributed by atoms with Gasteiger partial charge in [0.15, 0.2) is 5.76 Å². The third-order valence-corrected chi connectivity index (χ3v) is 4.83. The van der Waals surface area contributed by atoms with Gasteiger partial charge >= 0.3 is 0 Å². The van der Waals surface area contributed by atoms with Crippen molar-refractivity contribution in [3.05, 3.63) is 71.2 Å². The van der Waals surface area contributed by atoms with E-state index in [1.165, 1.54) is 17.0 Å². The first-order chi connectivity index (χ1) is 14.1. The van der Waals surface area contributed by atoms with Crippen LogP contribution in [-0.4, -0.2) is 34.7 Å². The summed E-state index contributed by atoms with van der Waals surface area (Å²) in [6.45, 7) is 0.812. The third kappa shape index (κ3) is 4.11. The maximum Gasteiger partial charge on any atom is 0.266 e. The first kappa shape index (κ1) is 18.7. The number of furan rings is 1. The summed E-state index contributed by atoms with van der Waals surface area (Å²) in [6, 6.07) is 15.8. The minimum atomic E-state index is -0.415. The molecule has 1 unspecified atom stereocenters. The summed E-state index contributed by atoms with van der Waals surface area (Å²) < 4.78 is 6.58. The molecule has 29 heavy (non-hydrogen) atoms. The number of amides is 2. The predicted molar refractivity (Wildman–Crippen MR) is 106 cm³/mol. The van der Waals surface area contributed by atoms with Gasteiger partial charge in [0.1, 0.15) is 5.69 Å². The summed E-state index contributed by atoms with van der Waals surface area (Å²) in [7, 11) is 0. The Bertz CT molecular complexity index is 1060. The lowest BCUT2D eigenvalue weighted by atomic mass is 10.1. The van der Waals surface area contributed by atoms with Crippen molar-refractivity contribution in [3.63, 3.8) is 0 Å². The number of aromatic nitrogens is 2. The molecule has 4 rings (SSSR count). The first-order valence-electron chi connectivity index (χ1n) is 9.37. The van der Waals surface area contributed by atoms with Gasteiger partial charge in [-0.25, -0.2) is 4.68 Å². The van der Waals surface area contributed by atoms with Gasteiger partial charge in [-0.05, 0) is 30.3 Å². The van der Waals surface area contributed by atoms with Crippen molar-refractivity contribution >= 4 is 17.5 Å². The highest BCUT2D eigenvalue weighted by Crippen LogP contribution is 2.24. The number of carbonyl (C=O) groups is 2. The lowest BCUT2D eigenvalue weighted by molar-refractivity contribution is -0.126. The minimum absolute atomic E-state index is 0.0691. The standard InChI is InChI=1S/C21H20N4O4/c26-19-9-8-17(18-7-4-12-29-18)23-25(19)11-10-22-21(28)15-13-20(27)24(14-15)16-5-2-1-3-6-16/h1-9,12,15H,10-11,13-14H2,(H,22,28). The van der Waals surface area contributed by atoms with Crippen molar-refractivity contribution in [2.75, 3.05) is 18.0 Å². The third-order valence-electron chi connectivity index (χ3n) is 4.83. The fourth-order valence-electron chi connectivity index (χ4n) is 3.33. The zero-order chi connectivity index (χ0) is 20.2. The van der Waals surface area contributed by atoms with Crippen LogP contribution in [0, 0.1) is 5.92 Å². The number of anilines is 1. The van der Waals surface area contributed by atoms with E-state index in [9.17, 15) is 14.4 Å². The van der Waals surface area contributed by atoms with E-state index in [0.29, 0.717) is 18.0 Å². The highest BCUT2D eigenvalue weighted by molar-refractivity contribution is 6.00. The lowest BCUT2D eigenvalue weighted by Gasteiger charge is -2.16. The fraction of sp³-hybridized carbons (Fsp3) is 0.238. The molecule has 1 aromatic carbocycles. The van der Waals surface area contributed by atoms with Gasteiger partial charge < -0.3 is 14.6 Å². The zero-order valence-electron chi connectivity index (χ0n) is 15.7. The molecule has 1 fully saturated rings. The van der Waals surface area contributed by atoms with Gasteiger partial charge in [0, 0.05) is 31.3 Å². The topological polar surface area (TPSA) is 97.4 Å². The van der Waals surface area contributed by atoms with E-state index < -0.39 is 5.92 Å². The molecule has 2 aromatic heterocycles. The van der Waals surface area contributed by atoms with Gasteiger partial charge in [-0.15, -0.1) is 0 Å². The average Bonchev–Trinajstić information content (AvgIpc) is 3.40. The molecule has 0 saturated carbocycles. The fourth-order valence-corrected chi connectivity index (χ4v) is 3.33. The number of benzene rings is 1. The van der Waals surface area contributed by atoms with Crippen LogP contribution in [0.3, 0.4) is 0 Å². The highest BCUT2D eigenvalue weighted by Gasteiger charge is 2.34. The maximum atomic E-state index is 12.5. The minimum Gasteiger partial charge on any atom is -0.463 e. The SMILES string of the molecule is O=C(NCCn1nc(-c2ccco2)ccc1=O)C1CC(=O)N(c2ccccc2)C1. The van der Waals surface area contributed by atoms with Gasteiger partial charge in [0.05, 0.1) is 18.7 Å². The molecule has 1 aliphatic heterocycles. The van der Waals surface area contributed by atoms with E-state index in [1.54, 1.807) is 23.1 Å². The molecule has 0 bridgehead atoms. The van der Waals surface area contributed by atoms with Crippen LogP contribution in [0.5, 0.6) is 0 Å². The van der Waals surface area contributed by atoms with Crippen molar-refractivity contribution in [1.82, 2.24) is 15.1 Å². The van der Waals surface area contributed by atoms with Crippen molar-refractivity contribution in [2.24, 2.45) is 5.92 Å². The summed E-state index contributed by atoms with van der Waals surface area (Å²) in [5, 5.41) is 7.08. The van der Waals surface area contributed by atoms with E-state index in [0.717, 1.165) is 5.69 Å². The van der Waals surface area contributed by atoms with Gasteiger partial charge in [-0.3, -0.25) is 14.4 Å². The smallest absolute Gasteiger partial charge is 0.266 e. The molecule has 148 valence electrons. The van der Waals surface area contributed by atoms with E-state index in [4.69, 9.17) is 4.42 Å². The molecule has 8 heteroatoms. The summed E-state index contributed by atoms with van der Waals surface area (Å²) in [5.41, 5.74) is 1.07. The largest absolute Gasteiger partial charge is 0.463 e. The Morgan fingerprint density at radius 2 is 1.93 bits per heavy atom. The number of nitrogens with zero attached hydrogens (tertiary/aromatic N) is 3. The van der Waals surface area contributed by atoms with Crippen LogP contribution in [0.15, 0.2) is 70.1 Å². The first-order valence-corrected chi connectivity index (χ1v) is 9.37. The van der Waals surface area contributed by atoms with Crippen molar-refractivity contribution < 1.29 is 14.0 Å². The maximum absolute atomic E-state index is 12.5. The zero-order valence-corrected chi connectivity index (χ0v) is 15.7. The van der Waals surface area contributed by atoms with Crippen molar-refractivity contribution in [1.29, 1.82) is 0 Å². The van der Waals surface area contributed by atoms with Crippen LogP contribution < -0.4 is 15.8 Å². The second kappa shape index (κ2) is 8.14. The second-order valence-electron chi connectivity index (χ2n) is 6.79. The quantitative estimate of drug-likeness (QED) is 0.688. The Morgan fingerprint density at radius 3 is 2.69 bits per heavy atom. The number of nitrogens with one attached hydrogen (secondary N) is 1. The van der Waals surface area contributed by atoms with E-state index in [-0.39, 0.29) is 36.9 Å². The Balaban J connectivity index is 1.34. The summed E-state index contributed by atoms with van der Waals surface area (Å²) in [5.74, 6) is -0.123. The molecule has 0 aliphatic carbocycles. The Morgan fingerprint density at radius 1 is 1.10 bits per heavy atom. The molecule has 3 heterocycles. The van der Waals surface area contributed by atoms with Gasteiger partial charge in [-0.2, -0.15) is 5.10 Å². The summed E-state index contributed by atoms with van der Waals surface area (Å²) in [4.78, 5) is 38.4. The average molecular weight is 392 g/mol. The molecule has 8 nitrogen and oxygen atoms in total. The van der Waals surface area contributed by atoms with E-state index >= 15 is 0 Å². The molecular weight excluding hydrogens is 372 g/mol. The molecule has 1 saturated heterocycles. The van der Waals surface area contributed by atoms with Crippen molar-refractivity contribution in [3.8, 4) is 11.5 Å². The molecule has 1 N–H and O–H groups in total. The molecule has 1 aliphatic rings. The number of rotatable bonds is 6. The molecule has 0 spiro atoms. The van der Waals surface area contributed by atoms with Crippen LogP contribution in [0.4, 0.5) is 5.69 Å². The van der Waals surface area contributed by atoms with Crippen LogP contribution in [0.1, 0.15) is 6.42 Å². The molecule has 1 atom stereocenters. The highest BCUT2D eigenvalue weighted by atomic mass is 16.3. The number of carbonyl (C=O) groups excluding carboxylic acids is 2. The number of hydrogen-bond acceptors (Lipinski definition) is 5. The van der Waals surface area contributed by atoms with E-state index in [2.05, 4.69) is 10.4 Å².